The van der Waals surface area contributed by atoms with E-state index in [9.17, 15) is 9.18 Å². The van der Waals surface area contributed by atoms with Crippen LogP contribution >= 0.6 is 22.9 Å². The molecule has 4 heteroatoms. The van der Waals surface area contributed by atoms with Gasteiger partial charge in [0.05, 0.1) is 29.3 Å². The lowest BCUT2D eigenvalue weighted by Gasteiger charge is -1.99. The largest absolute Gasteiger partial charge is 0.299 e. The van der Waals surface area contributed by atoms with Gasteiger partial charge in [0.1, 0.15) is 5.82 Å². The second kappa shape index (κ2) is 4.39. The summed E-state index contributed by atoms with van der Waals surface area (Å²) in [6, 6.07) is 6.25. The molecule has 1 amide bonds. The van der Waals surface area contributed by atoms with Crippen LogP contribution in [0.1, 0.15) is 5.56 Å². The number of amides is 1. The number of hydrogen-bond donors (Lipinski definition) is 1. The molecule has 0 aliphatic heterocycles. The highest BCUT2D eigenvalue weighted by atomic mass is 127. The predicted octanol–water partition coefficient (Wildman–Crippen LogP) is 1.83. The van der Waals surface area contributed by atoms with Gasteiger partial charge in [-0.05, 0) is 11.6 Å². The maximum atomic E-state index is 12.9. The van der Waals surface area contributed by atoms with Crippen molar-refractivity contribution in [2.75, 3.05) is 0 Å². The van der Waals surface area contributed by atoms with E-state index >= 15 is 0 Å². The van der Waals surface area contributed by atoms with Crippen molar-refractivity contribution < 1.29 is 9.18 Å². The van der Waals surface area contributed by atoms with Gasteiger partial charge in [0, 0.05) is 0 Å². The van der Waals surface area contributed by atoms with Gasteiger partial charge in [0.2, 0.25) is 5.91 Å². The predicted molar refractivity (Wildman–Crippen MR) is 52.3 cm³/mol. The highest BCUT2D eigenvalue weighted by molar-refractivity contribution is 14.1. The molecule has 0 bridgehead atoms. The first-order valence-corrected chi connectivity index (χ1v) is 4.45. The molecular formula is C8H7FINO. The average molecular weight is 279 g/mol. The summed E-state index contributed by atoms with van der Waals surface area (Å²) in [7, 11) is 0. The summed E-state index contributed by atoms with van der Waals surface area (Å²) < 4.78 is 15.3. The molecule has 0 radical (unpaired) electrons. The fraction of sp³-hybridized carbons (Fsp3) is 0.125. The zero-order valence-corrected chi connectivity index (χ0v) is 8.34. The van der Waals surface area contributed by atoms with Crippen LogP contribution in [0.5, 0.6) is 0 Å². The third-order valence-corrected chi connectivity index (χ3v) is 2.02. The summed E-state index contributed by atoms with van der Waals surface area (Å²) in [4.78, 5) is 10.8. The third-order valence-electron chi connectivity index (χ3n) is 1.41. The van der Waals surface area contributed by atoms with Crippen LogP contribution in [0.4, 0.5) is 4.39 Å². The number of carbonyl (C=O) groups excluding carboxylic acids is 1. The van der Waals surface area contributed by atoms with Crippen molar-refractivity contribution in [1.82, 2.24) is 3.53 Å². The van der Waals surface area contributed by atoms with E-state index in [1.54, 1.807) is 41.1 Å². The molecule has 0 atom stereocenters. The molecule has 1 rings (SSSR count). The molecule has 2 nitrogen and oxygen atoms in total. The molecule has 1 aromatic carbocycles. The lowest BCUT2D eigenvalue weighted by atomic mass is 10.1. The van der Waals surface area contributed by atoms with Crippen molar-refractivity contribution >= 4 is 28.8 Å². The first-order valence-electron chi connectivity index (χ1n) is 3.37. The minimum absolute atomic E-state index is 0.0929. The van der Waals surface area contributed by atoms with Crippen molar-refractivity contribution in [2.24, 2.45) is 0 Å². The molecule has 1 aromatic rings. The summed E-state index contributed by atoms with van der Waals surface area (Å²) in [5.74, 6) is -0.529. The van der Waals surface area contributed by atoms with Gasteiger partial charge in [-0.3, -0.25) is 8.32 Å². The maximum absolute atomic E-state index is 12.9. The van der Waals surface area contributed by atoms with Crippen LogP contribution in [0.3, 0.4) is 0 Å². The van der Waals surface area contributed by atoms with Crippen molar-refractivity contribution in [3.05, 3.63) is 35.6 Å². The van der Waals surface area contributed by atoms with Crippen LogP contribution in [-0.4, -0.2) is 5.91 Å². The van der Waals surface area contributed by atoms with Crippen LogP contribution in [-0.2, 0) is 11.2 Å². The van der Waals surface area contributed by atoms with Crippen molar-refractivity contribution in [3.8, 4) is 0 Å². The van der Waals surface area contributed by atoms with Crippen molar-refractivity contribution in [3.63, 3.8) is 0 Å². The van der Waals surface area contributed by atoms with E-state index in [0.29, 0.717) is 5.56 Å². The molecule has 0 aliphatic carbocycles. The van der Waals surface area contributed by atoms with Crippen LogP contribution in [0.2, 0.25) is 0 Å². The van der Waals surface area contributed by atoms with Crippen LogP contribution < -0.4 is 3.53 Å². The Labute approximate surface area is 83.7 Å². The normalized spacial score (nSPS) is 9.50. The van der Waals surface area contributed by atoms with E-state index < -0.39 is 0 Å². The summed E-state index contributed by atoms with van der Waals surface area (Å²) in [5, 5.41) is 0. The highest BCUT2D eigenvalue weighted by Gasteiger charge is 2.04. The second-order valence-electron chi connectivity index (χ2n) is 2.29. The van der Waals surface area contributed by atoms with Crippen LogP contribution in [0, 0.1) is 5.82 Å². The Hall–Kier alpha value is -0.650. The van der Waals surface area contributed by atoms with Gasteiger partial charge in [-0.25, -0.2) is 4.39 Å². The molecule has 64 valence electrons. The van der Waals surface area contributed by atoms with Gasteiger partial charge in [-0.2, -0.15) is 0 Å². The summed E-state index contributed by atoms with van der Waals surface area (Å²) in [5.41, 5.74) is 0.423. The number of rotatable bonds is 2. The third kappa shape index (κ3) is 2.44. The van der Waals surface area contributed by atoms with E-state index in [0.717, 1.165) is 0 Å². The summed E-state index contributed by atoms with van der Waals surface area (Å²) in [6.45, 7) is 0. The summed E-state index contributed by atoms with van der Waals surface area (Å²) in [6.07, 6.45) is 0.0929. The summed E-state index contributed by atoms with van der Waals surface area (Å²) >= 11 is 1.73. The molecular weight excluding hydrogens is 272 g/mol. The van der Waals surface area contributed by atoms with Crippen LogP contribution in [0.25, 0.3) is 0 Å². The fourth-order valence-electron chi connectivity index (χ4n) is 0.848. The SMILES string of the molecule is O=C(Cc1ccccc1F)NI. The number of halogens is 2. The van der Waals surface area contributed by atoms with Gasteiger partial charge >= 0.3 is 0 Å². The smallest absolute Gasteiger partial charge is 0.233 e. The zero-order valence-electron chi connectivity index (χ0n) is 6.18. The molecule has 0 saturated carbocycles. The molecule has 0 fully saturated rings. The number of benzene rings is 1. The zero-order chi connectivity index (χ0) is 8.97. The topological polar surface area (TPSA) is 29.1 Å². The minimum Gasteiger partial charge on any atom is -0.299 e. The van der Waals surface area contributed by atoms with Gasteiger partial charge < -0.3 is 0 Å². The molecule has 0 spiro atoms. The Morgan fingerprint density at radius 2 is 2.17 bits per heavy atom. The molecule has 0 saturated heterocycles. The Kier molecular flexibility index (Phi) is 3.46. The Bertz CT molecular complexity index is 290. The first-order chi connectivity index (χ1) is 5.74. The molecule has 0 unspecified atom stereocenters. The maximum Gasteiger partial charge on any atom is 0.233 e. The minimum atomic E-state index is -0.336. The van der Waals surface area contributed by atoms with Crippen LogP contribution in [0.15, 0.2) is 24.3 Å². The van der Waals surface area contributed by atoms with Gasteiger partial charge in [0.25, 0.3) is 0 Å². The van der Waals surface area contributed by atoms with Gasteiger partial charge in [0.15, 0.2) is 0 Å². The van der Waals surface area contributed by atoms with E-state index in [4.69, 9.17) is 0 Å². The first kappa shape index (κ1) is 9.44. The van der Waals surface area contributed by atoms with Crippen molar-refractivity contribution in [1.29, 1.82) is 0 Å². The lowest BCUT2D eigenvalue weighted by molar-refractivity contribution is -0.118. The molecule has 0 aliphatic rings. The number of nitrogens with one attached hydrogen (secondary N) is 1. The molecule has 0 aromatic heterocycles. The Morgan fingerprint density at radius 3 is 2.75 bits per heavy atom. The van der Waals surface area contributed by atoms with Gasteiger partial charge in [-0.1, -0.05) is 18.2 Å². The highest BCUT2D eigenvalue weighted by Crippen LogP contribution is 2.06. The van der Waals surface area contributed by atoms with E-state index in [-0.39, 0.29) is 18.1 Å². The van der Waals surface area contributed by atoms with E-state index in [1.165, 1.54) is 6.07 Å². The monoisotopic (exact) mass is 279 g/mol. The average Bonchev–Trinajstić information content (AvgIpc) is 2.09. The standard InChI is InChI=1S/C8H7FINO/c9-7-4-2-1-3-6(7)5-8(12)11-10/h1-4H,5H2,(H,11,12). The molecule has 12 heavy (non-hydrogen) atoms. The molecule has 1 N–H and O–H groups in total. The van der Waals surface area contributed by atoms with E-state index in [1.807, 2.05) is 0 Å². The van der Waals surface area contributed by atoms with Gasteiger partial charge in [-0.15, -0.1) is 0 Å². The Balaban J connectivity index is 2.75. The number of hydrogen-bond acceptors (Lipinski definition) is 1. The second-order valence-corrected chi connectivity index (χ2v) is 2.83. The fourth-order valence-corrected chi connectivity index (χ4v) is 1.04. The van der Waals surface area contributed by atoms with E-state index in [2.05, 4.69) is 3.53 Å². The Morgan fingerprint density at radius 1 is 1.50 bits per heavy atom. The lowest BCUT2D eigenvalue weighted by Crippen LogP contribution is -2.14. The number of carbonyl (C=O) groups is 1. The quantitative estimate of drug-likeness (QED) is 0.649. The molecule has 0 heterocycles. The van der Waals surface area contributed by atoms with Crippen molar-refractivity contribution in [2.45, 2.75) is 6.42 Å².